The summed E-state index contributed by atoms with van der Waals surface area (Å²) in [5.41, 5.74) is -0.742. The Balaban J connectivity index is 2.19. The Hall–Kier alpha value is -1.46. The molecule has 1 heterocycles. The van der Waals surface area contributed by atoms with E-state index in [9.17, 15) is 13.2 Å². The molecule has 1 aliphatic carbocycles. The lowest BCUT2D eigenvalue weighted by Gasteiger charge is -2.31. The highest BCUT2D eigenvalue weighted by molar-refractivity contribution is 5.42. The Labute approximate surface area is 122 Å². The molecular weight excluding hydrogens is 281 g/mol. The lowest BCUT2D eigenvalue weighted by Crippen LogP contribution is -2.29. The van der Waals surface area contributed by atoms with E-state index in [0.717, 1.165) is 31.4 Å². The summed E-state index contributed by atoms with van der Waals surface area (Å²) in [4.78, 5) is 4.08. The van der Waals surface area contributed by atoms with E-state index in [1.54, 1.807) is 0 Å². The zero-order chi connectivity index (χ0) is 15.6. The summed E-state index contributed by atoms with van der Waals surface area (Å²) in [6, 6.07) is 1.96. The number of aromatic nitrogens is 1. The summed E-state index contributed by atoms with van der Waals surface area (Å²) >= 11 is 0. The molecule has 3 nitrogen and oxygen atoms in total. The van der Waals surface area contributed by atoms with Gasteiger partial charge in [0.05, 0.1) is 5.56 Å². The van der Waals surface area contributed by atoms with E-state index >= 15 is 0 Å². The highest BCUT2D eigenvalue weighted by Crippen LogP contribution is 2.35. The number of ether oxygens (including phenoxy) is 1. The van der Waals surface area contributed by atoms with Gasteiger partial charge in [0, 0.05) is 13.1 Å². The van der Waals surface area contributed by atoms with Gasteiger partial charge in [-0.1, -0.05) is 13.8 Å². The van der Waals surface area contributed by atoms with Crippen LogP contribution in [-0.2, 0) is 6.18 Å². The third-order valence-corrected chi connectivity index (χ3v) is 3.81. The summed E-state index contributed by atoms with van der Waals surface area (Å²) in [6.45, 7) is 4.29. The fourth-order valence-electron chi connectivity index (χ4n) is 3.00. The molecule has 0 saturated heterocycles. The summed E-state index contributed by atoms with van der Waals surface area (Å²) in [5.74, 6) is 1.25. The van der Waals surface area contributed by atoms with E-state index in [-0.39, 0.29) is 17.8 Å². The standard InChI is InChI=1S/C15H21F3N2O/c1-9-4-10(2)6-12(5-9)21-14-8-11(15(16,17)18)7-13(19-3)20-14/h7-10,12H,4-6H2,1-3H3,(H,19,20). The molecule has 0 radical (unpaired) electrons. The summed E-state index contributed by atoms with van der Waals surface area (Å²) in [6.07, 6.45) is -1.62. The van der Waals surface area contributed by atoms with Crippen LogP contribution in [0.2, 0.25) is 0 Å². The Kier molecular flexibility index (Phi) is 4.64. The normalized spacial score (nSPS) is 26.5. The van der Waals surface area contributed by atoms with Crippen molar-refractivity contribution in [3.63, 3.8) is 0 Å². The van der Waals surface area contributed by atoms with Crippen LogP contribution in [0.1, 0.15) is 38.7 Å². The number of nitrogens with one attached hydrogen (secondary N) is 1. The first-order chi connectivity index (χ1) is 9.77. The van der Waals surface area contributed by atoms with Crippen molar-refractivity contribution >= 4 is 5.82 Å². The van der Waals surface area contributed by atoms with Gasteiger partial charge in [-0.2, -0.15) is 18.2 Å². The van der Waals surface area contributed by atoms with Gasteiger partial charge in [0.25, 0.3) is 0 Å². The van der Waals surface area contributed by atoms with Gasteiger partial charge in [-0.15, -0.1) is 0 Å². The molecule has 1 aromatic rings. The second-order valence-electron chi connectivity index (χ2n) is 5.98. The van der Waals surface area contributed by atoms with Crippen molar-refractivity contribution in [1.29, 1.82) is 0 Å². The fourth-order valence-corrected chi connectivity index (χ4v) is 3.00. The van der Waals surface area contributed by atoms with Crippen LogP contribution in [-0.4, -0.2) is 18.1 Å². The first kappa shape index (κ1) is 15.9. The van der Waals surface area contributed by atoms with Gasteiger partial charge < -0.3 is 10.1 Å². The largest absolute Gasteiger partial charge is 0.474 e. The van der Waals surface area contributed by atoms with Crippen LogP contribution < -0.4 is 10.1 Å². The Morgan fingerprint density at radius 2 is 1.76 bits per heavy atom. The number of halogens is 3. The maximum Gasteiger partial charge on any atom is 0.416 e. The van der Waals surface area contributed by atoms with E-state index in [2.05, 4.69) is 24.1 Å². The molecule has 1 saturated carbocycles. The molecule has 0 spiro atoms. The monoisotopic (exact) mass is 302 g/mol. The zero-order valence-electron chi connectivity index (χ0n) is 12.5. The summed E-state index contributed by atoms with van der Waals surface area (Å²) in [5, 5.41) is 2.64. The Morgan fingerprint density at radius 3 is 2.29 bits per heavy atom. The van der Waals surface area contributed by atoms with Gasteiger partial charge >= 0.3 is 6.18 Å². The first-order valence-corrected chi connectivity index (χ1v) is 7.21. The van der Waals surface area contributed by atoms with Gasteiger partial charge in [0.2, 0.25) is 5.88 Å². The average Bonchev–Trinajstić information content (AvgIpc) is 2.36. The molecule has 0 amide bonds. The molecule has 0 aromatic carbocycles. The van der Waals surface area contributed by atoms with Crippen molar-refractivity contribution in [2.75, 3.05) is 12.4 Å². The maximum absolute atomic E-state index is 12.9. The second kappa shape index (κ2) is 6.12. The van der Waals surface area contributed by atoms with Gasteiger partial charge in [0.15, 0.2) is 0 Å². The highest BCUT2D eigenvalue weighted by atomic mass is 19.4. The van der Waals surface area contributed by atoms with Gasteiger partial charge in [0.1, 0.15) is 11.9 Å². The number of anilines is 1. The van der Waals surface area contributed by atoms with Gasteiger partial charge in [-0.25, -0.2) is 0 Å². The average molecular weight is 302 g/mol. The Morgan fingerprint density at radius 1 is 1.14 bits per heavy atom. The molecule has 1 aromatic heterocycles. The molecule has 2 unspecified atom stereocenters. The predicted molar refractivity (Wildman–Crippen MR) is 75.4 cm³/mol. The maximum atomic E-state index is 12.9. The number of hydrogen-bond donors (Lipinski definition) is 1. The third kappa shape index (κ3) is 4.25. The molecule has 1 aliphatic rings. The van der Waals surface area contributed by atoms with Crippen molar-refractivity contribution in [1.82, 2.24) is 4.98 Å². The van der Waals surface area contributed by atoms with E-state index in [4.69, 9.17) is 4.74 Å². The van der Waals surface area contributed by atoms with Gasteiger partial charge in [-0.3, -0.25) is 0 Å². The van der Waals surface area contributed by atoms with E-state index in [1.807, 2.05) is 0 Å². The number of nitrogens with zero attached hydrogens (tertiary/aromatic N) is 1. The first-order valence-electron chi connectivity index (χ1n) is 7.21. The van der Waals surface area contributed by atoms with E-state index < -0.39 is 11.7 Å². The topological polar surface area (TPSA) is 34.1 Å². The highest BCUT2D eigenvalue weighted by Gasteiger charge is 2.32. The van der Waals surface area contributed by atoms with Crippen molar-refractivity contribution in [2.24, 2.45) is 11.8 Å². The molecule has 118 valence electrons. The van der Waals surface area contributed by atoms with Crippen molar-refractivity contribution in [3.8, 4) is 5.88 Å². The summed E-state index contributed by atoms with van der Waals surface area (Å²) < 4.78 is 44.4. The minimum absolute atomic E-state index is 0.0421. The van der Waals surface area contributed by atoms with Crippen molar-refractivity contribution < 1.29 is 17.9 Å². The van der Waals surface area contributed by atoms with Crippen LogP contribution >= 0.6 is 0 Å². The molecule has 2 atom stereocenters. The number of rotatable bonds is 3. The van der Waals surface area contributed by atoms with Crippen LogP contribution in [0.3, 0.4) is 0 Å². The smallest absolute Gasteiger partial charge is 0.416 e. The molecule has 1 fully saturated rings. The molecule has 0 bridgehead atoms. The van der Waals surface area contributed by atoms with Crippen LogP contribution in [0.25, 0.3) is 0 Å². The molecule has 0 aliphatic heterocycles. The Bertz CT molecular complexity index is 480. The third-order valence-electron chi connectivity index (χ3n) is 3.81. The molecule has 21 heavy (non-hydrogen) atoms. The quantitative estimate of drug-likeness (QED) is 0.901. The number of hydrogen-bond acceptors (Lipinski definition) is 3. The number of alkyl halides is 3. The fraction of sp³-hybridized carbons (Fsp3) is 0.667. The number of pyridine rings is 1. The minimum Gasteiger partial charge on any atom is -0.474 e. The van der Waals surface area contributed by atoms with Gasteiger partial charge in [-0.05, 0) is 37.2 Å². The lowest BCUT2D eigenvalue weighted by atomic mass is 9.82. The van der Waals surface area contributed by atoms with Crippen LogP contribution in [0.5, 0.6) is 5.88 Å². The molecule has 6 heteroatoms. The lowest BCUT2D eigenvalue weighted by molar-refractivity contribution is -0.137. The molecular formula is C15H21F3N2O. The molecule has 1 N–H and O–H groups in total. The van der Waals surface area contributed by atoms with E-state index in [1.165, 1.54) is 7.05 Å². The van der Waals surface area contributed by atoms with E-state index in [0.29, 0.717) is 11.8 Å². The van der Waals surface area contributed by atoms with Crippen LogP contribution in [0, 0.1) is 11.8 Å². The second-order valence-corrected chi connectivity index (χ2v) is 5.98. The minimum atomic E-state index is -4.40. The molecule has 2 rings (SSSR count). The SMILES string of the molecule is CNc1cc(C(F)(F)F)cc(OC2CC(C)CC(C)C2)n1. The zero-order valence-corrected chi connectivity index (χ0v) is 12.5. The van der Waals surface area contributed by atoms with Crippen LogP contribution in [0.4, 0.5) is 19.0 Å². The summed E-state index contributed by atoms with van der Waals surface area (Å²) in [7, 11) is 1.54. The van der Waals surface area contributed by atoms with Crippen molar-refractivity contribution in [2.45, 2.75) is 45.4 Å². The van der Waals surface area contributed by atoms with Crippen LogP contribution in [0.15, 0.2) is 12.1 Å². The van der Waals surface area contributed by atoms with Crippen molar-refractivity contribution in [3.05, 3.63) is 17.7 Å². The predicted octanol–water partition coefficient (Wildman–Crippen LogP) is 4.35.